The van der Waals surface area contributed by atoms with Crippen molar-refractivity contribution in [2.75, 3.05) is 12.4 Å². The number of aromatic nitrogens is 2. The Morgan fingerprint density at radius 3 is 2.85 bits per heavy atom. The van der Waals surface area contributed by atoms with Gasteiger partial charge in [-0.05, 0) is 0 Å². The molecule has 2 rings (SSSR count). The number of carbonyl (C=O) groups is 3. The van der Waals surface area contributed by atoms with E-state index >= 15 is 0 Å². The molecule has 0 fully saturated rings. The van der Waals surface area contributed by atoms with Gasteiger partial charge in [0, 0.05) is 32.2 Å². The molecule has 1 aromatic heterocycles. The maximum Gasteiger partial charge on any atom is 0.325 e. The Hall–Kier alpha value is -2.71. The molecule has 0 bridgehead atoms. The fraction of sp³-hybridized carbons (Fsp3) is 0.364. The lowest BCUT2D eigenvalue weighted by atomic mass is 10.1. The molecular weight excluding hydrogens is 266 g/mol. The predicted molar refractivity (Wildman–Crippen MR) is 67.9 cm³/mol. The lowest BCUT2D eigenvalue weighted by Crippen LogP contribution is -2.34. The summed E-state index contributed by atoms with van der Waals surface area (Å²) in [5, 5.41) is 20.0. The number of nitrogens with zero attached hydrogens (tertiary/aromatic N) is 4. The Balaban J connectivity index is 2.01. The molecule has 0 saturated carbocycles. The minimum atomic E-state index is -1.03. The van der Waals surface area contributed by atoms with Crippen molar-refractivity contribution < 1.29 is 19.5 Å². The van der Waals surface area contributed by atoms with Gasteiger partial charge in [-0.25, -0.2) is 5.01 Å². The third kappa shape index (κ3) is 3.19. The standard InChI is InChI=1S/C11H13N5O4/c1-15-9(17)3-2-7(13-15)11(20)12-8-4-5-16(14-8)6-10(18)19/h4-5H,2-3,6H2,1H3,(H,18,19)(H,12,14,20). The van der Waals surface area contributed by atoms with Crippen LogP contribution in [0.5, 0.6) is 0 Å². The molecule has 0 saturated heterocycles. The van der Waals surface area contributed by atoms with Crippen molar-refractivity contribution in [1.29, 1.82) is 0 Å². The summed E-state index contributed by atoms with van der Waals surface area (Å²) >= 11 is 0. The predicted octanol–water partition coefficient (Wildman–Crippen LogP) is -0.486. The Morgan fingerprint density at radius 2 is 2.20 bits per heavy atom. The van der Waals surface area contributed by atoms with E-state index in [-0.39, 0.29) is 36.8 Å². The first-order chi connectivity index (χ1) is 9.45. The number of rotatable bonds is 4. The second-order valence-electron chi connectivity index (χ2n) is 4.21. The van der Waals surface area contributed by atoms with Crippen molar-refractivity contribution in [2.24, 2.45) is 5.10 Å². The summed E-state index contributed by atoms with van der Waals surface area (Å²) in [5.74, 6) is -1.39. The smallest absolute Gasteiger partial charge is 0.325 e. The van der Waals surface area contributed by atoms with Crippen LogP contribution < -0.4 is 5.32 Å². The molecule has 1 aliphatic heterocycles. The lowest BCUT2D eigenvalue weighted by Gasteiger charge is -2.18. The Morgan fingerprint density at radius 1 is 1.45 bits per heavy atom. The van der Waals surface area contributed by atoms with E-state index in [0.29, 0.717) is 0 Å². The number of hydrogen-bond donors (Lipinski definition) is 2. The van der Waals surface area contributed by atoms with Crippen LogP contribution in [0.3, 0.4) is 0 Å². The van der Waals surface area contributed by atoms with Gasteiger partial charge in [-0.15, -0.1) is 0 Å². The second-order valence-corrected chi connectivity index (χ2v) is 4.21. The number of carboxylic acid groups (broad SMARTS) is 1. The summed E-state index contributed by atoms with van der Waals surface area (Å²) in [4.78, 5) is 33.7. The first kappa shape index (κ1) is 13.7. The number of hydrazone groups is 1. The minimum Gasteiger partial charge on any atom is -0.480 e. The zero-order valence-corrected chi connectivity index (χ0v) is 10.7. The molecule has 9 heteroatoms. The number of hydrogen-bond acceptors (Lipinski definition) is 5. The summed E-state index contributed by atoms with van der Waals surface area (Å²) in [6, 6.07) is 1.49. The van der Waals surface area contributed by atoms with E-state index in [1.165, 1.54) is 24.0 Å². The van der Waals surface area contributed by atoms with Gasteiger partial charge in [0.25, 0.3) is 5.91 Å². The highest BCUT2D eigenvalue weighted by molar-refractivity contribution is 6.43. The first-order valence-corrected chi connectivity index (χ1v) is 5.86. The molecule has 0 radical (unpaired) electrons. The van der Waals surface area contributed by atoms with Gasteiger partial charge in [0.1, 0.15) is 12.3 Å². The molecule has 0 atom stereocenters. The first-order valence-electron chi connectivity index (χ1n) is 5.86. The highest BCUT2D eigenvalue weighted by atomic mass is 16.4. The van der Waals surface area contributed by atoms with Crippen LogP contribution in [0.2, 0.25) is 0 Å². The summed E-state index contributed by atoms with van der Waals surface area (Å²) in [5.41, 5.74) is 0.236. The summed E-state index contributed by atoms with van der Waals surface area (Å²) in [7, 11) is 1.48. The van der Waals surface area contributed by atoms with Crippen molar-refractivity contribution in [3.05, 3.63) is 12.3 Å². The second kappa shape index (κ2) is 5.51. The van der Waals surface area contributed by atoms with Gasteiger partial charge in [0.15, 0.2) is 5.82 Å². The topological polar surface area (TPSA) is 117 Å². The van der Waals surface area contributed by atoms with Gasteiger partial charge in [0.2, 0.25) is 5.91 Å². The van der Waals surface area contributed by atoms with E-state index in [0.717, 1.165) is 5.01 Å². The molecule has 20 heavy (non-hydrogen) atoms. The highest BCUT2D eigenvalue weighted by Crippen LogP contribution is 2.09. The van der Waals surface area contributed by atoms with Gasteiger partial charge >= 0.3 is 5.97 Å². The van der Waals surface area contributed by atoms with Gasteiger partial charge in [-0.2, -0.15) is 10.2 Å². The van der Waals surface area contributed by atoms with Crippen molar-refractivity contribution in [3.8, 4) is 0 Å². The van der Waals surface area contributed by atoms with E-state index in [9.17, 15) is 14.4 Å². The zero-order valence-electron chi connectivity index (χ0n) is 10.7. The zero-order chi connectivity index (χ0) is 14.7. The van der Waals surface area contributed by atoms with Crippen LogP contribution in [-0.4, -0.2) is 50.4 Å². The third-order valence-electron chi connectivity index (χ3n) is 2.65. The van der Waals surface area contributed by atoms with E-state index in [2.05, 4.69) is 15.5 Å². The Labute approximate surface area is 113 Å². The molecule has 0 unspecified atom stereocenters. The van der Waals surface area contributed by atoms with Crippen LogP contribution in [0, 0.1) is 0 Å². The largest absolute Gasteiger partial charge is 0.480 e. The minimum absolute atomic E-state index is 0.146. The van der Waals surface area contributed by atoms with Gasteiger partial charge in [0.05, 0.1) is 0 Å². The highest BCUT2D eigenvalue weighted by Gasteiger charge is 2.22. The summed E-state index contributed by atoms with van der Waals surface area (Å²) < 4.78 is 1.19. The van der Waals surface area contributed by atoms with Gasteiger partial charge in [-0.3, -0.25) is 19.1 Å². The van der Waals surface area contributed by atoms with Crippen LogP contribution in [0.1, 0.15) is 12.8 Å². The van der Waals surface area contributed by atoms with E-state index in [4.69, 9.17) is 5.11 Å². The lowest BCUT2D eigenvalue weighted by molar-refractivity contribution is -0.138. The quantitative estimate of drug-likeness (QED) is 0.771. The summed E-state index contributed by atoms with van der Waals surface area (Å²) in [6.07, 6.45) is 1.95. The molecule has 9 nitrogen and oxygen atoms in total. The van der Waals surface area contributed by atoms with Crippen molar-refractivity contribution in [2.45, 2.75) is 19.4 Å². The monoisotopic (exact) mass is 279 g/mol. The van der Waals surface area contributed by atoms with Gasteiger partial charge in [-0.1, -0.05) is 0 Å². The molecule has 0 aliphatic carbocycles. The van der Waals surface area contributed by atoms with Crippen molar-refractivity contribution in [1.82, 2.24) is 14.8 Å². The number of aliphatic carboxylic acids is 1. The van der Waals surface area contributed by atoms with Gasteiger partial charge < -0.3 is 10.4 Å². The van der Waals surface area contributed by atoms with E-state index in [1.807, 2.05) is 0 Å². The van der Waals surface area contributed by atoms with Crippen molar-refractivity contribution >= 4 is 29.3 Å². The molecule has 106 valence electrons. The van der Waals surface area contributed by atoms with Crippen LogP contribution in [-0.2, 0) is 20.9 Å². The SMILES string of the molecule is CN1N=C(C(=O)Nc2ccn(CC(=O)O)n2)CCC1=O. The molecule has 1 aromatic rings. The molecular formula is C11H13N5O4. The van der Waals surface area contributed by atoms with Crippen LogP contribution >= 0.6 is 0 Å². The molecule has 1 aliphatic rings. The third-order valence-corrected chi connectivity index (χ3v) is 2.65. The number of carbonyl (C=O) groups excluding carboxylic acids is 2. The molecule has 0 aromatic carbocycles. The number of nitrogens with one attached hydrogen (secondary N) is 1. The maximum absolute atomic E-state index is 11.9. The van der Waals surface area contributed by atoms with Crippen LogP contribution in [0.4, 0.5) is 5.82 Å². The average molecular weight is 279 g/mol. The maximum atomic E-state index is 11.9. The summed E-state index contributed by atoms with van der Waals surface area (Å²) in [6.45, 7) is -0.284. The van der Waals surface area contributed by atoms with E-state index < -0.39 is 11.9 Å². The van der Waals surface area contributed by atoms with Crippen LogP contribution in [0.15, 0.2) is 17.4 Å². The fourth-order valence-corrected chi connectivity index (χ4v) is 1.68. The number of amides is 2. The molecule has 0 spiro atoms. The fourth-order valence-electron chi connectivity index (χ4n) is 1.68. The Kier molecular flexibility index (Phi) is 3.78. The molecule has 2 N–H and O–H groups in total. The number of anilines is 1. The van der Waals surface area contributed by atoms with Crippen LogP contribution in [0.25, 0.3) is 0 Å². The van der Waals surface area contributed by atoms with E-state index in [1.54, 1.807) is 0 Å². The molecule has 2 heterocycles. The molecule has 2 amide bonds. The number of carboxylic acids is 1. The normalized spacial score (nSPS) is 14.9. The van der Waals surface area contributed by atoms with Crippen molar-refractivity contribution in [3.63, 3.8) is 0 Å². The average Bonchev–Trinajstić information content (AvgIpc) is 2.79. The Bertz CT molecular complexity index is 591.